The first-order valence-electron chi connectivity index (χ1n) is 6.45. The highest BCUT2D eigenvalue weighted by atomic mass is 32.2. The fourth-order valence-corrected chi connectivity index (χ4v) is 3.87. The summed E-state index contributed by atoms with van der Waals surface area (Å²) in [4.78, 5) is 4.59. The van der Waals surface area contributed by atoms with Crippen molar-refractivity contribution >= 4 is 16.9 Å². The van der Waals surface area contributed by atoms with Gasteiger partial charge in [-0.05, 0) is 25.3 Å². The van der Waals surface area contributed by atoms with E-state index in [9.17, 15) is 4.39 Å². The second kappa shape index (κ2) is 4.80. The van der Waals surface area contributed by atoms with Gasteiger partial charge in [-0.2, -0.15) is 0 Å². The molecule has 2 aliphatic rings. The van der Waals surface area contributed by atoms with Crippen molar-refractivity contribution in [1.29, 1.82) is 0 Å². The smallest absolute Gasteiger partial charge is 0.154 e. The average molecular weight is 280 g/mol. The Bertz CT molecular complexity index is 522. The van der Waals surface area contributed by atoms with E-state index in [0.29, 0.717) is 23.3 Å². The predicted molar refractivity (Wildman–Crippen MR) is 75.7 cm³/mol. The van der Waals surface area contributed by atoms with Gasteiger partial charge in [0.05, 0.1) is 12.7 Å². The lowest BCUT2D eigenvalue weighted by molar-refractivity contribution is -0.0511. The van der Waals surface area contributed by atoms with Gasteiger partial charge in [-0.1, -0.05) is 30.0 Å². The second-order valence-electron chi connectivity index (χ2n) is 5.25. The van der Waals surface area contributed by atoms with Gasteiger partial charge in [0.1, 0.15) is 11.4 Å². The minimum absolute atomic E-state index is 0.175. The summed E-state index contributed by atoms with van der Waals surface area (Å²) in [6, 6.07) is 6.79. The van der Waals surface area contributed by atoms with E-state index in [-0.39, 0.29) is 11.9 Å². The number of rotatable bonds is 1. The number of thioether (sulfide) groups is 1. The minimum Gasteiger partial charge on any atom is -0.379 e. The quantitative estimate of drug-likeness (QED) is 0.860. The van der Waals surface area contributed by atoms with Crippen LogP contribution in [0.15, 0.2) is 29.3 Å². The molecule has 2 N–H and O–H groups in total. The molecule has 3 nitrogen and oxygen atoms in total. The Kier molecular flexibility index (Phi) is 3.27. The Morgan fingerprint density at radius 2 is 2.26 bits per heavy atom. The number of amidine groups is 1. The zero-order chi connectivity index (χ0) is 13.5. The summed E-state index contributed by atoms with van der Waals surface area (Å²) in [5.74, 6) is 0.998. The summed E-state index contributed by atoms with van der Waals surface area (Å²) in [6.07, 6.45) is 0.969. The van der Waals surface area contributed by atoms with Crippen molar-refractivity contribution < 1.29 is 9.13 Å². The lowest BCUT2D eigenvalue weighted by Gasteiger charge is -2.40. The van der Waals surface area contributed by atoms with Gasteiger partial charge in [0.2, 0.25) is 0 Å². The van der Waals surface area contributed by atoms with E-state index >= 15 is 0 Å². The van der Waals surface area contributed by atoms with Gasteiger partial charge >= 0.3 is 0 Å². The van der Waals surface area contributed by atoms with Gasteiger partial charge in [0.15, 0.2) is 5.17 Å². The number of aliphatic imine (C=N–C) groups is 1. The van der Waals surface area contributed by atoms with Crippen LogP contribution in [0.4, 0.5) is 4.39 Å². The number of halogens is 1. The normalized spacial score (nSPS) is 34.5. The van der Waals surface area contributed by atoms with Crippen LogP contribution in [-0.2, 0) is 10.3 Å². The molecule has 1 aromatic rings. The van der Waals surface area contributed by atoms with Crippen molar-refractivity contribution in [2.24, 2.45) is 16.6 Å². The van der Waals surface area contributed by atoms with Gasteiger partial charge in [-0.25, -0.2) is 9.38 Å². The molecule has 0 radical (unpaired) electrons. The molecule has 0 saturated carbocycles. The molecule has 1 saturated heterocycles. The van der Waals surface area contributed by atoms with Crippen LogP contribution in [0, 0.1) is 11.7 Å². The molecule has 2 aliphatic heterocycles. The third-order valence-corrected chi connectivity index (χ3v) is 4.98. The summed E-state index contributed by atoms with van der Waals surface area (Å²) < 4.78 is 20.0. The molecule has 0 spiro atoms. The molecule has 5 heteroatoms. The van der Waals surface area contributed by atoms with Crippen molar-refractivity contribution in [3.63, 3.8) is 0 Å². The lowest BCUT2D eigenvalue weighted by Crippen LogP contribution is -2.43. The summed E-state index contributed by atoms with van der Waals surface area (Å²) in [7, 11) is 0. The van der Waals surface area contributed by atoms with E-state index < -0.39 is 5.54 Å². The van der Waals surface area contributed by atoms with Gasteiger partial charge in [0.25, 0.3) is 0 Å². The van der Waals surface area contributed by atoms with Crippen LogP contribution in [-0.4, -0.2) is 23.6 Å². The number of hydrogen-bond acceptors (Lipinski definition) is 4. The third kappa shape index (κ3) is 2.25. The van der Waals surface area contributed by atoms with E-state index in [1.165, 1.54) is 6.07 Å². The predicted octanol–water partition coefficient (Wildman–Crippen LogP) is 2.51. The molecule has 19 heavy (non-hydrogen) atoms. The first-order chi connectivity index (χ1) is 9.11. The highest BCUT2D eigenvalue weighted by molar-refractivity contribution is 8.13. The van der Waals surface area contributed by atoms with Crippen molar-refractivity contribution in [1.82, 2.24) is 0 Å². The molecular formula is C14H17FN2OS. The lowest BCUT2D eigenvalue weighted by atomic mass is 9.79. The van der Waals surface area contributed by atoms with Crippen LogP contribution in [0.5, 0.6) is 0 Å². The summed E-state index contributed by atoms with van der Waals surface area (Å²) in [5, 5.41) is 0.531. The maximum Gasteiger partial charge on any atom is 0.154 e. The number of nitrogens with zero attached hydrogens (tertiary/aromatic N) is 1. The number of fused-ring (bicyclic) bond motifs is 2. The van der Waals surface area contributed by atoms with Crippen LogP contribution in [0.25, 0.3) is 0 Å². The van der Waals surface area contributed by atoms with E-state index in [1.54, 1.807) is 23.9 Å². The van der Waals surface area contributed by atoms with Crippen LogP contribution in [0.1, 0.15) is 18.9 Å². The number of benzene rings is 1. The van der Waals surface area contributed by atoms with Crippen LogP contribution in [0.3, 0.4) is 0 Å². The zero-order valence-corrected chi connectivity index (χ0v) is 11.6. The van der Waals surface area contributed by atoms with Gasteiger partial charge in [-0.3, -0.25) is 0 Å². The fourth-order valence-electron chi connectivity index (χ4n) is 2.86. The van der Waals surface area contributed by atoms with E-state index in [0.717, 1.165) is 12.2 Å². The fraction of sp³-hybridized carbons (Fsp3) is 0.500. The first-order valence-corrected chi connectivity index (χ1v) is 7.44. The Morgan fingerprint density at radius 3 is 3.05 bits per heavy atom. The standard InChI is InChI=1S/C14H17FN2OS/c1-9-10-6-14(8-18-9,17-13(16)19-7-10)11-4-2-3-5-12(11)15/h2-5,9-10H,6-8H2,1H3,(H2,16,17)/t9-,10+,14-/m1/s1. The largest absolute Gasteiger partial charge is 0.379 e. The van der Waals surface area contributed by atoms with Crippen LogP contribution < -0.4 is 5.73 Å². The van der Waals surface area contributed by atoms with E-state index in [2.05, 4.69) is 11.9 Å². The highest BCUT2D eigenvalue weighted by Crippen LogP contribution is 2.43. The van der Waals surface area contributed by atoms with Crippen molar-refractivity contribution in [3.8, 4) is 0 Å². The molecule has 0 unspecified atom stereocenters. The molecule has 102 valence electrons. The monoisotopic (exact) mass is 280 g/mol. The third-order valence-electron chi connectivity index (χ3n) is 3.99. The molecule has 1 aromatic carbocycles. The van der Waals surface area contributed by atoms with Crippen molar-refractivity contribution in [2.75, 3.05) is 12.4 Å². The molecule has 3 atom stereocenters. The molecule has 1 fully saturated rings. The Morgan fingerprint density at radius 1 is 1.47 bits per heavy atom. The van der Waals surface area contributed by atoms with Crippen molar-refractivity contribution in [3.05, 3.63) is 35.6 Å². The number of hydrogen-bond donors (Lipinski definition) is 1. The Hall–Kier alpha value is -1.07. The van der Waals surface area contributed by atoms with Crippen LogP contribution >= 0.6 is 11.8 Å². The maximum atomic E-state index is 14.1. The van der Waals surface area contributed by atoms with Crippen molar-refractivity contribution in [2.45, 2.75) is 25.0 Å². The number of ether oxygens (including phenoxy) is 1. The van der Waals surface area contributed by atoms with Gasteiger partial charge in [-0.15, -0.1) is 0 Å². The summed E-state index contributed by atoms with van der Waals surface area (Å²) in [6.45, 7) is 2.46. The second-order valence-corrected chi connectivity index (χ2v) is 6.29. The topological polar surface area (TPSA) is 47.6 Å². The molecule has 0 aromatic heterocycles. The minimum atomic E-state index is -0.657. The van der Waals surface area contributed by atoms with Crippen LogP contribution in [0.2, 0.25) is 0 Å². The average Bonchev–Trinajstić information content (AvgIpc) is 2.53. The highest BCUT2D eigenvalue weighted by Gasteiger charge is 2.44. The maximum absolute atomic E-state index is 14.1. The summed E-state index contributed by atoms with van der Waals surface area (Å²) >= 11 is 1.54. The SMILES string of the molecule is C[C@H]1OC[C@@]2(c3ccccc3F)C[C@H]1CSC(N)=N2. The molecule has 2 bridgehead atoms. The Labute approximate surface area is 116 Å². The van der Waals surface area contributed by atoms with Gasteiger partial charge < -0.3 is 10.5 Å². The van der Waals surface area contributed by atoms with E-state index in [1.807, 2.05) is 6.07 Å². The molecular weight excluding hydrogens is 263 g/mol. The zero-order valence-electron chi connectivity index (χ0n) is 10.8. The molecule has 3 rings (SSSR count). The van der Waals surface area contributed by atoms with E-state index in [4.69, 9.17) is 10.5 Å². The van der Waals surface area contributed by atoms with Gasteiger partial charge in [0, 0.05) is 11.3 Å². The molecule has 0 amide bonds. The summed E-state index contributed by atoms with van der Waals surface area (Å²) in [5.41, 5.74) is 5.88. The first kappa shape index (κ1) is 12.9. The molecule has 2 heterocycles. The molecule has 0 aliphatic carbocycles. The Balaban J connectivity index is 2.09. The number of nitrogens with two attached hydrogens (primary N) is 1.